The van der Waals surface area contributed by atoms with Gasteiger partial charge in [-0.3, -0.25) is 0 Å². The van der Waals surface area contributed by atoms with Crippen molar-refractivity contribution in [3.05, 3.63) is 83.1 Å². The lowest BCUT2D eigenvalue weighted by Gasteiger charge is -2.25. The lowest BCUT2D eigenvalue weighted by atomic mass is 9.88. The van der Waals surface area contributed by atoms with Crippen molar-refractivity contribution >= 4 is 12.2 Å². The Morgan fingerprint density at radius 3 is 2.69 bits per heavy atom. The van der Waals surface area contributed by atoms with E-state index in [0.29, 0.717) is 41.9 Å². The van der Waals surface area contributed by atoms with E-state index in [9.17, 15) is 13.2 Å². The van der Waals surface area contributed by atoms with Gasteiger partial charge in [0.1, 0.15) is 11.5 Å². The zero-order valence-electron chi connectivity index (χ0n) is 19.7. The highest BCUT2D eigenvalue weighted by Crippen LogP contribution is 2.40. The number of alkyl halides is 3. The molecule has 3 aromatic heterocycles. The monoisotopic (exact) mass is 495 g/mol. The van der Waals surface area contributed by atoms with Crippen LogP contribution in [0.1, 0.15) is 52.9 Å². The van der Waals surface area contributed by atoms with Gasteiger partial charge in [0.15, 0.2) is 5.82 Å². The van der Waals surface area contributed by atoms with Crippen LogP contribution in [0.5, 0.6) is 5.88 Å². The smallest absolute Gasteiger partial charge is 0.386 e. The summed E-state index contributed by atoms with van der Waals surface area (Å²) in [5.74, 6) is 0.833. The summed E-state index contributed by atoms with van der Waals surface area (Å²) >= 11 is 0. The number of halogens is 3. The number of aromatic nitrogens is 6. The van der Waals surface area contributed by atoms with Gasteiger partial charge in [0, 0.05) is 25.7 Å². The highest BCUT2D eigenvalue weighted by molar-refractivity contribution is 5.65. The quantitative estimate of drug-likeness (QED) is 0.387. The fourth-order valence-electron chi connectivity index (χ4n) is 4.41. The largest absolute Gasteiger partial charge is 0.416 e. The summed E-state index contributed by atoms with van der Waals surface area (Å²) in [6, 6.07) is 9.37. The Kier molecular flexibility index (Phi) is 6.31. The van der Waals surface area contributed by atoms with Gasteiger partial charge in [-0.1, -0.05) is 18.2 Å². The molecule has 0 fully saturated rings. The first-order chi connectivity index (χ1) is 17.3. The summed E-state index contributed by atoms with van der Waals surface area (Å²) < 4.78 is 44.4. The average molecular weight is 496 g/mol. The molecule has 0 saturated heterocycles. The van der Waals surface area contributed by atoms with Crippen LogP contribution in [0.25, 0.3) is 17.8 Å². The number of rotatable bonds is 6. The minimum Gasteiger partial charge on any atom is -0.386 e. The molecule has 0 amide bonds. The van der Waals surface area contributed by atoms with E-state index in [4.69, 9.17) is 4.84 Å². The van der Waals surface area contributed by atoms with E-state index in [0.717, 1.165) is 18.2 Å². The number of nitrogens with zero attached hydrogens (tertiary/aromatic N) is 6. The van der Waals surface area contributed by atoms with Gasteiger partial charge >= 0.3 is 6.18 Å². The molecular formula is C25H24F3N7O. The molecule has 4 heterocycles. The summed E-state index contributed by atoms with van der Waals surface area (Å²) in [4.78, 5) is 18.9. The normalized spacial score (nSPS) is 15.9. The van der Waals surface area contributed by atoms with Gasteiger partial charge in [0.25, 0.3) is 5.88 Å². The Morgan fingerprint density at radius 1 is 1.11 bits per heavy atom. The van der Waals surface area contributed by atoms with Crippen LogP contribution in [0.15, 0.2) is 48.9 Å². The molecule has 11 heteroatoms. The van der Waals surface area contributed by atoms with Crippen LogP contribution in [0.3, 0.4) is 0 Å². The maximum Gasteiger partial charge on any atom is 0.416 e. The lowest BCUT2D eigenvalue weighted by molar-refractivity contribution is -0.138. The number of nitrogens with one attached hydrogen (secondary N) is 1. The number of aryl methyl sites for hydroxylation is 2. The maximum absolute atomic E-state index is 13.6. The zero-order valence-corrected chi connectivity index (χ0v) is 19.7. The molecule has 0 bridgehead atoms. The summed E-state index contributed by atoms with van der Waals surface area (Å²) in [6.07, 6.45) is 3.85. The van der Waals surface area contributed by atoms with Gasteiger partial charge < -0.3 is 9.40 Å². The van der Waals surface area contributed by atoms with Crippen LogP contribution in [0.4, 0.5) is 13.2 Å². The van der Waals surface area contributed by atoms with Crippen LogP contribution in [0.2, 0.25) is 0 Å². The molecule has 5 rings (SSSR count). The third kappa shape index (κ3) is 4.74. The Hall–Kier alpha value is -3.99. The number of fused-ring (bicyclic) bond motifs is 1. The molecule has 1 N–H and O–H groups in total. The van der Waals surface area contributed by atoms with Crippen LogP contribution < -0.4 is 10.3 Å². The Morgan fingerprint density at radius 2 is 1.94 bits per heavy atom. The summed E-state index contributed by atoms with van der Waals surface area (Å²) in [5, 5.41) is 4.51. The third-order valence-corrected chi connectivity index (χ3v) is 5.99. The van der Waals surface area contributed by atoms with E-state index in [-0.39, 0.29) is 5.56 Å². The Labute approximate surface area is 205 Å². The SMILES string of the molecule is CNOc1nc(/C=C/c2nc3n(n2)CCCC3c2ccccc2C(F)(F)F)ccc1-n1cnc(C)c1. The van der Waals surface area contributed by atoms with E-state index in [2.05, 4.69) is 25.5 Å². The molecule has 1 aliphatic heterocycles. The maximum atomic E-state index is 13.6. The van der Waals surface area contributed by atoms with Gasteiger partial charge in [-0.05, 0) is 55.7 Å². The Bertz CT molecular complexity index is 1410. The molecule has 1 aliphatic rings. The second kappa shape index (κ2) is 9.57. The minimum absolute atomic E-state index is 0.231. The molecular weight excluding hydrogens is 471 g/mol. The molecule has 8 nitrogen and oxygen atoms in total. The second-order valence-electron chi connectivity index (χ2n) is 8.45. The predicted molar refractivity (Wildman–Crippen MR) is 127 cm³/mol. The van der Waals surface area contributed by atoms with Crippen molar-refractivity contribution < 1.29 is 18.0 Å². The number of hydrogen-bond donors (Lipinski definition) is 1. The van der Waals surface area contributed by atoms with Crippen LogP contribution in [0, 0.1) is 6.92 Å². The third-order valence-electron chi connectivity index (χ3n) is 5.99. The van der Waals surface area contributed by atoms with Crippen molar-refractivity contribution in [1.82, 2.24) is 34.8 Å². The topological polar surface area (TPSA) is 82.7 Å². The lowest BCUT2D eigenvalue weighted by Crippen LogP contribution is -2.21. The van der Waals surface area contributed by atoms with E-state index in [1.165, 1.54) is 12.1 Å². The standard InChI is InChI=1S/C25H24F3N7O/c1-16-14-34(15-30-16)21-11-9-17(31-24(21)36-29-2)10-12-22-32-23-19(7-5-13-35(23)33-22)18-6-3-4-8-20(18)25(26,27)28/h3-4,6,8-12,14-15,19,29H,5,7,13H2,1-2H3/b12-10+. The average Bonchev–Trinajstić information content (AvgIpc) is 3.48. The first-order valence-electron chi connectivity index (χ1n) is 11.5. The number of pyridine rings is 1. The molecule has 0 saturated carbocycles. The molecule has 1 aromatic carbocycles. The highest BCUT2D eigenvalue weighted by atomic mass is 19.4. The number of hydrogen-bond acceptors (Lipinski definition) is 6. The molecule has 1 unspecified atom stereocenters. The van der Waals surface area contributed by atoms with E-state index in [1.807, 2.05) is 29.8 Å². The van der Waals surface area contributed by atoms with Crippen LogP contribution in [-0.4, -0.2) is 36.3 Å². The summed E-state index contributed by atoms with van der Waals surface area (Å²) in [6.45, 7) is 2.50. The molecule has 0 radical (unpaired) electrons. The molecule has 0 spiro atoms. The van der Waals surface area contributed by atoms with Crippen molar-refractivity contribution in [3.63, 3.8) is 0 Å². The van der Waals surface area contributed by atoms with Gasteiger partial charge in [0.05, 0.1) is 23.3 Å². The molecule has 1 atom stereocenters. The second-order valence-corrected chi connectivity index (χ2v) is 8.45. The molecule has 186 valence electrons. The highest BCUT2D eigenvalue weighted by Gasteiger charge is 2.37. The minimum atomic E-state index is -4.43. The fraction of sp³-hybridized carbons (Fsp3) is 0.280. The van der Waals surface area contributed by atoms with Crippen molar-refractivity contribution in [1.29, 1.82) is 0 Å². The van der Waals surface area contributed by atoms with E-state index in [1.54, 1.807) is 36.3 Å². The molecule has 4 aromatic rings. The molecule has 36 heavy (non-hydrogen) atoms. The van der Waals surface area contributed by atoms with Crippen LogP contribution >= 0.6 is 0 Å². The number of hydroxylamine groups is 1. The molecule has 0 aliphatic carbocycles. The fourth-order valence-corrected chi connectivity index (χ4v) is 4.41. The first-order valence-corrected chi connectivity index (χ1v) is 11.5. The number of imidazole rings is 1. The predicted octanol–water partition coefficient (Wildman–Crippen LogP) is 4.80. The zero-order chi connectivity index (χ0) is 25.3. The van der Waals surface area contributed by atoms with Crippen LogP contribution in [-0.2, 0) is 12.7 Å². The summed E-state index contributed by atoms with van der Waals surface area (Å²) in [5.41, 5.74) is 4.42. The summed E-state index contributed by atoms with van der Waals surface area (Å²) in [7, 11) is 1.64. The van der Waals surface area contributed by atoms with Gasteiger partial charge in [-0.2, -0.15) is 23.8 Å². The number of benzene rings is 1. The van der Waals surface area contributed by atoms with Crippen molar-refractivity contribution in [2.24, 2.45) is 0 Å². The van der Waals surface area contributed by atoms with Crippen molar-refractivity contribution in [2.75, 3.05) is 7.05 Å². The first kappa shape index (κ1) is 23.7. The van der Waals surface area contributed by atoms with Crippen molar-refractivity contribution in [2.45, 2.75) is 38.4 Å². The Balaban J connectivity index is 1.44. The van der Waals surface area contributed by atoms with Crippen molar-refractivity contribution in [3.8, 4) is 11.6 Å². The van der Waals surface area contributed by atoms with E-state index >= 15 is 0 Å². The van der Waals surface area contributed by atoms with E-state index < -0.39 is 17.7 Å². The van der Waals surface area contributed by atoms with Gasteiger partial charge in [-0.15, -0.1) is 0 Å². The van der Waals surface area contributed by atoms with Gasteiger partial charge in [-0.25, -0.2) is 19.6 Å². The van der Waals surface area contributed by atoms with Gasteiger partial charge in [0.2, 0.25) is 0 Å².